The molecule has 9 heteroatoms. The van der Waals surface area contributed by atoms with Crippen molar-refractivity contribution in [1.29, 1.82) is 0 Å². The number of carbonyl (C=O) groups excluding carboxylic acids is 1. The number of hydrogen-bond donors (Lipinski definition) is 2. The second kappa shape index (κ2) is 7.71. The van der Waals surface area contributed by atoms with Gasteiger partial charge >= 0.3 is 21.3 Å². The number of aliphatic hydroxyl groups is 1. The maximum Gasteiger partial charge on any atom is 0.465 e. The molecule has 19 heavy (non-hydrogen) atoms. The average molecular weight is 304 g/mol. The van der Waals surface area contributed by atoms with Crippen molar-refractivity contribution in [3.63, 3.8) is 0 Å². The van der Waals surface area contributed by atoms with Crippen LogP contribution < -0.4 is 0 Å². The van der Waals surface area contributed by atoms with E-state index in [1.807, 2.05) is 6.92 Å². The number of ether oxygens (including phenoxy) is 1. The highest BCUT2D eigenvalue weighted by Crippen LogP contribution is 2.22. The highest BCUT2D eigenvalue weighted by molar-refractivity contribution is 7.87. The van der Waals surface area contributed by atoms with Gasteiger partial charge in [0, 0.05) is 6.42 Å². The van der Waals surface area contributed by atoms with Crippen LogP contribution in [0.5, 0.6) is 0 Å². The quantitative estimate of drug-likeness (QED) is 0.379. The molecule has 0 bridgehead atoms. The van der Waals surface area contributed by atoms with Crippen LogP contribution in [0.2, 0.25) is 0 Å². The first-order valence-corrected chi connectivity index (χ1v) is 7.27. The molecule has 0 aromatic heterocycles. The summed E-state index contributed by atoms with van der Waals surface area (Å²) in [6.45, 7) is 1.43. The third-order valence-electron chi connectivity index (χ3n) is 2.39. The molecule has 0 aliphatic carbocycles. The van der Waals surface area contributed by atoms with Crippen LogP contribution in [0, 0.1) is 0 Å². The Balaban J connectivity index is 4.05. The molecule has 1 unspecified atom stereocenters. The van der Waals surface area contributed by atoms with Crippen LogP contribution in [0.1, 0.15) is 39.0 Å². The molecule has 0 radical (unpaired) electrons. The topological polar surface area (TPSA) is 101 Å². The van der Waals surface area contributed by atoms with Crippen LogP contribution >= 0.6 is 0 Å². The van der Waals surface area contributed by atoms with Crippen molar-refractivity contribution < 1.29 is 36.4 Å². The van der Waals surface area contributed by atoms with Crippen LogP contribution in [-0.2, 0) is 19.6 Å². The molecule has 0 spiro atoms. The van der Waals surface area contributed by atoms with E-state index < -0.39 is 34.1 Å². The van der Waals surface area contributed by atoms with E-state index in [1.165, 1.54) is 0 Å². The molecule has 0 aliphatic heterocycles. The van der Waals surface area contributed by atoms with Crippen molar-refractivity contribution in [2.24, 2.45) is 0 Å². The molecule has 0 saturated carbocycles. The van der Waals surface area contributed by atoms with Gasteiger partial charge in [0.1, 0.15) is 0 Å². The van der Waals surface area contributed by atoms with Crippen molar-refractivity contribution in [1.82, 2.24) is 0 Å². The minimum absolute atomic E-state index is 0.0724. The molecule has 0 rings (SSSR count). The fraction of sp³-hybridized carbons (Fsp3) is 0.900. The van der Waals surface area contributed by atoms with E-state index in [4.69, 9.17) is 4.55 Å². The Hall–Kier alpha value is -0.800. The number of esters is 1. The van der Waals surface area contributed by atoms with E-state index in [0.717, 1.165) is 19.3 Å². The normalized spacial score (nSPS) is 14.2. The molecule has 0 amide bonds. The van der Waals surface area contributed by atoms with E-state index in [9.17, 15) is 27.1 Å². The van der Waals surface area contributed by atoms with Crippen molar-refractivity contribution in [2.75, 3.05) is 6.61 Å². The summed E-state index contributed by atoms with van der Waals surface area (Å²) < 4.78 is 58.0. The summed E-state index contributed by atoms with van der Waals surface area (Å²) in [7, 11) is -5.84. The van der Waals surface area contributed by atoms with Crippen LogP contribution in [0.4, 0.5) is 8.78 Å². The summed E-state index contributed by atoms with van der Waals surface area (Å²) in [5.41, 5.74) is 0. The number of hydrogen-bond acceptors (Lipinski definition) is 5. The Morgan fingerprint density at radius 3 is 2.37 bits per heavy atom. The van der Waals surface area contributed by atoms with Gasteiger partial charge in [-0.15, -0.1) is 0 Å². The lowest BCUT2D eigenvalue weighted by Crippen LogP contribution is -2.39. The average Bonchev–Trinajstić information content (AvgIpc) is 2.27. The second-order valence-corrected chi connectivity index (χ2v) is 5.53. The summed E-state index contributed by atoms with van der Waals surface area (Å²) in [5, 5.41) is 4.42. The van der Waals surface area contributed by atoms with Gasteiger partial charge in [-0.05, 0) is 6.42 Å². The first-order valence-electron chi connectivity index (χ1n) is 5.83. The second-order valence-electron chi connectivity index (χ2n) is 4.07. The van der Waals surface area contributed by atoms with Crippen molar-refractivity contribution in [3.8, 4) is 0 Å². The minimum atomic E-state index is -5.84. The van der Waals surface area contributed by atoms with Crippen LogP contribution in [0.3, 0.4) is 0 Å². The molecule has 0 aromatic rings. The van der Waals surface area contributed by atoms with E-state index in [-0.39, 0.29) is 6.42 Å². The van der Waals surface area contributed by atoms with Crippen LogP contribution in [-0.4, -0.2) is 42.0 Å². The molecule has 0 aliphatic rings. The van der Waals surface area contributed by atoms with Gasteiger partial charge in [-0.25, -0.2) is 4.79 Å². The number of unbranched alkanes of at least 4 members (excludes halogenated alkanes) is 2. The predicted molar refractivity (Wildman–Crippen MR) is 62.2 cm³/mol. The fourth-order valence-corrected chi connectivity index (χ4v) is 1.52. The van der Waals surface area contributed by atoms with Gasteiger partial charge in [0.25, 0.3) is 0 Å². The standard InChI is InChI=1S/C10H18F2O6S/c1-2-3-4-5-8(13)6-7-18-9(14)10(11,12)19(15,16)17/h8,13H,2-7H2,1H3,(H,15,16,17). The lowest BCUT2D eigenvalue weighted by molar-refractivity contribution is -0.162. The third kappa shape index (κ3) is 6.26. The lowest BCUT2D eigenvalue weighted by atomic mass is 10.1. The number of halogens is 2. The zero-order chi connectivity index (χ0) is 15.1. The molecule has 0 fully saturated rings. The van der Waals surface area contributed by atoms with Crippen molar-refractivity contribution in [2.45, 2.75) is 50.4 Å². The Morgan fingerprint density at radius 2 is 1.89 bits per heavy atom. The Kier molecular flexibility index (Phi) is 7.38. The van der Waals surface area contributed by atoms with Gasteiger partial charge in [-0.1, -0.05) is 26.2 Å². The summed E-state index contributed by atoms with van der Waals surface area (Å²) >= 11 is 0. The molecule has 0 aromatic carbocycles. The number of carbonyl (C=O) groups is 1. The molecule has 6 nitrogen and oxygen atoms in total. The third-order valence-corrected chi connectivity index (χ3v) is 3.20. The first kappa shape index (κ1) is 18.2. The first-order chi connectivity index (χ1) is 8.63. The van der Waals surface area contributed by atoms with E-state index in [1.54, 1.807) is 0 Å². The van der Waals surface area contributed by atoms with Gasteiger partial charge in [0.2, 0.25) is 0 Å². The van der Waals surface area contributed by atoms with E-state index in [0.29, 0.717) is 6.42 Å². The lowest BCUT2D eigenvalue weighted by Gasteiger charge is -2.13. The summed E-state index contributed by atoms with van der Waals surface area (Å²) in [6, 6.07) is 0. The SMILES string of the molecule is CCCCCC(O)CCOC(=O)C(F)(F)S(=O)(=O)O. The van der Waals surface area contributed by atoms with Gasteiger partial charge in [-0.3, -0.25) is 4.55 Å². The van der Waals surface area contributed by atoms with Gasteiger partial charge in [0.05, 0.1) is 12.7 Å². The zero-order valence-corrected chi connectivity index (χ0v) is 11.3. The Labute approximate surface area is 110 Å². The smallest absolute Gasteiger partial charge is 0.460 e. The van der Waals surface area contributed by atoms with Crippen molar-refractivity contribution in [3.05, 3.63) is 0 Å². The molecule has 0 saturated heterocycles. The van der Waals surface area contributed by atoms with Gasteiger partial charge < -0.3 is 9.84 Å². The fourth-order valence-electron chi connectivity index (χ4n) is 1.25. The van der Waals surface area contributed by atoms with Gasteiger partial charge in [0.15, 0.2) is 0 Å². The number of aliphatic hydroxyl groups excluding tert-OH is 1. The maximum absolute atomic E-state index is 12.7. The summed E-state index contributed by atoms with van der Waals surface area (Å²) in [4.78, 5) is 10.8. The number of alkyl halides is 2. The minimum Gasteiger partial charge on any atom is -0.460 e. The Bertz CT molecular complexity index is 381. The van der Waals surface area contributed by atoms with Crippen LogP contribution in [0.15, 0.2) is 0 Å². The molecule has 0 heterocycles. The molecular weight excluding hydrogens is 286 g/mol. The highest BCUT2D eigenvalue weighted by atomic mass is 32.2. The molecule has 1 atom stereocenters. The van der Waals surface area contributed by atoms with Crippen molar-refractivity contribution >= 4 is 16.1 Å². The molecule has 2 N–H and O–H groups in total. The molecule has 114 valence electrons. The summed E-state index contributed by atoms with van der Waals surface area (Å²) in [6.07, 6.45) is 2.20. The maximum atomic E-state index is 12.7. The monoisotopic (exact) mass is 304 g/mol. The molecular formula is C10H18F2O6S. The van der Waals surface area contributed by atoms with E-state index >= 15 is 0 Å². The van der Waals surface area contributed by atoms with E-state index in [2.05, 4.69) is 4.74 Å². The predicted octanol–water partition coefficient (Wildman–Crippen LogP) is 1.34. The van der Waals surface area contributed by atoms with Gasteiger partial charge in [-0.2, -0.15) is 17.2 Å². The number of rotatable bonds is 9. The highest BCUT2D eigenvalue weighted by Gasteiger charge is 2.54. The summed E-state index contributed by atoms with van der Waals surface area (Å²) in [5.74, 6) is -2.35. The largest absolute Gasteiger partial charge is 0.465 e. The van der Waals surface area contributed by atoms with Crippen LogP contribution in [0.25, 0.3) is 0 Å². The zero-order valence-electron chi connectivity index (χ0n) is 10.5. The Morgan fingerprint density at radius 1 is 1.32 bits per heavy atom.